The molecule has 2 aliphatic rings. The fourth-order valence-electron chi connectivity index (χ4n) is 3.77. The van der Waals surface area contributed by atoms with Crippen molar-refractivity contribution in [1.82, 2.24) is 4.90 Å². The average molecular weight is 344 g/mol. The third-order valence-corrected chi connectivity index (χ3v) is 5.13. The molecule has 0 spiro atoms. The summed E-state index contributed by atoms with van der Waals surface area (Å²) in [4.78, 5) is 38.6. The summed E-state index contributed by atoms with van der Waals surface area (Å²) in [5, 5.41) is 2.79. The van der Waals surface area contributed by atoms with Gasteiger partial charge in [0.05, 0.1) is 24.3 Å². The average Bonchev–Trinajstić information content (AvgIpc) is 3.04. The number of hydrogen-bond donors (Lipinski definition) is 1. The van der Waals surface area contributed by atoms with Gasteiger partial charge in [-0.3, -0.25) is 9.59 Å². The van der Waals surface area contributed by atoms with E-state index in [4.69, 9.17) is 4.74 Å². The number of methoxy groups -OCH3 is 1. The molecule has 1 N–H and O–H groups in total. The van der Waals surface area contributed by atoms with Crippen LogP contribution in [-0.4, -0.2) is 42.4 Å². The van der Waals surface area contributed by atoms with Crippen molar-refractivity contribution in [1.29, 1.82) is 0 Å². The Bertz CT molecular complexity index is 667. The Morgan fingerprint density at radius 3 is 2.60 bits per heavy atom. The van der Waals surface area contributed by atoms with Crippen LogP contribution in [0.2, 0.25) is 0 Å². The van der Waals surface area contributed by atoms with E-state index in [9.17, 15) is 14.4 Å². The van der Waals surface area contributed by atoms with E-state index in [2.05, 4.69) is 5.32 Å². The van der Waals surface area contributed by atoms with Gasteiger partial charge in [0.25, 0.3) is 0 Å². The summed E-state index contributed by atoms with van der Waals surface area (Å²) in [5.41, 5.74) is 0.731. The highest BCUT2D eigenvalue weighted by atomic mass is 16.5. The fourth-order valence-corrected chi connectivity index (χ4v) is 3.77. The van der Waals surface area contributed by atoms with E-state index in [1.165, 1.54) is 13.5 Å². The molecule has 1 saturated carbocycles. The molecule has 1 atom stereocenters. The molecule has 6 heteroatoms. The Morgan fingerprint density at radius 1 is 1.16 bits per heavy atom. The molecule has 3 rings (SSSR count). The van der Waals surface area contributed by atoms with E-state index in [1.807, 2.05) is 4.90 Å². The zero-order chi connectivity index (χ0) is 17.8. The molecule has 1 heterocycles. The normalized spacial score (nSPS) is 21.2. The molecule has 1 saturated heterocycles. The molecule has 0 radical (unpaired) electrons. The first-order chi connectivity index (χ1) is 12.1. The summed E-state index contributed by atoms with van der Waals surface area (Å²) in [6, 6.07) is 7.01. The highest BCUT2D eigenvalue weighted by Gasteiger charge is 2.38. The zero-order valence-electron chi connectivity index (χ0n) is 14.5. The van der Waals surface area contributed by atoms with Crippen LogP contribution in [0.15, 0.2) is 24.3 Å². The van der Waals surface area contributed by atoms with Gasteiger partial charge < -0.3 is 15.0 Å². The predicted molar refractivity (Wildman–Crippen MR) is 93.1 cm³/mol. The molecular formula is C19H24N2O4. The van der Waals surface area contributed by atoms with Crippen molar-refractivity contribution in [2.45, 2.75) is 44.6 Å². The lowest BCUT2D eigenvalue weighted by molar-refractivity contribution is -0.130. The van der Waals surface area contributed by atoms with Crippen molar-refractivity contribution < 1.29 is 19.1 Å². The number of ether oxygens (including phenoxy) is 1. The monoisotopic (exact) mass is 344 g/mol. The van der Waals surface area contributed by atoms with Crippen LogP contribution in [0, 0.1) is 5.92 Å². The Hall–Kier alpha value is -2.37. The first-order valence-electron chi connectivity index (χ1n) is 8.88. The maximum absolute atomic E-state index is 12.6. The molecule has 0 aromatic heterocycles. The highest BCUT2D eigenvalue weighted by Crippen LogP contribution is 2.29. The van der Waals surface area contributed by atoms with Crippen LogP contribution in [0.4, 0.5) is 5.69 Å². The first kappa shape index (κ1) is 17.5. The molecule has 2 amide bonds. The molecule has 6 nitrogen and oxygen atoms in total. The van der Waals surface area contributed by atoms with Crippen LogP contribution in [0.3, 0.4) is 0 Å². The first-order valence-corrected chi connectivity index (χ1v) is 8.88. The second-order valence-electron chi connectivity index (χ2n) is 6.77. The topological polar surface area (TPSA) is 75.7 Å². The minimum Gasteiger partial charge on any atom is -0.465 e. The van der Waals surface area contributed by atoms with Crippen LogP contribution in [0.5, 0.6) is 0 Å². The van der Waals surface area contributed by atoms with Gasteiger partial charge in [-0.15, -0.1) is 0 Å². The van der Waals surface area contributed by atoms with Gasteiger partial charge in [0.1, 0.15) is 0 Å². The van der Waals surface area contributed by atoms with Crippen molar-refractivity contribution in [3.63, 3.8) is 0 Å². The number of rotatable bonds is 4. The largest absolute Gasteiger partial charge is 0.465 e. The molecule has 1 aromatic rings. The Balaban J connectivity index is 1.66. The highest BCUT2D eigenvalue weighted by molar-refractivity contribution is 6.03. The molecule has 1 aromatic carbocycles. The van der Waals surface area contributed by atoms with Crippen LogP contribution >= 0.6 is 0 Å². The quantitative estimate of drug-likeness (QED) is 0.852. The number of carbonyl (C=O) groups is 3. The van der Waals surface area contributed by atoms with E-state index in [1.54, 1.807) is 24.3 Å². The summed E-state index contributed by atoms with van der Waals surface area (Å²) >= 11 is 0. The Labute approximate surface area is 147 Å². The van der Waals surface area contributed by atoms with Crippen LogP contribution in [-0.2, 0) is 14.3 Å². The number of esters is 1. The number of para-hydroxylation sites is 1. The minimum atomic E-state index is -0.498. The minimum absolute atomic E-state index is 0.0632. The van der Waals surface area contributed by atoms with Gasteiger partial charge in [-0.05, 0) is 25.0 Å². The summed E-state index contributed by atoms with van der Waals surface area (Å²) in [5.74, 6) is -1.03. The second kappa shape index (κ2) is 7.68. The Kier molecular flexibility index (Phi) is 5.36. The zero-order valence-corrected chi connectivity index (χ0v) is 14.5. The van der Waals surface area contributed by atoms with E-state index in [0.29, 0.717) is 17.8 Å². The SMILES string of the molecule is COC(=O)c1ccccc1NC(=O)[C@H]1CC(=O)N(C2CCCCC2)C1. The lowest BCUT2D eigenvalue weighted by Gasteiger charge is -2.31. The van der Waals surface area contributed by atoms with Gasteiger partial charge in [-0.1, -0.05) is 31.4 Å². The summed E-state index contributed by atoms with van der Waals surface area (Å²) in [6.07, 6.45) is 5.83. The molecule has 1 aliphatic carbocycles. The second-order valence-corrected chi connectivity index (χ2v) is 6.77. The Morgan fingerprint density at radius 2 is 1.88 bits per heavy atom. The van der Waals surface area contributed by atoms with Gasteiger partial charge >= 0.3 is 5.97 Å². The summed E-state index contributed by atoms with van der Waals surface area (Å²) in [6.45, 7) is 0.468. The number of nitrogens with zero attached hydrogens (tertiary/aromatic N) is 1. The maximum atomic E-state index is 12.6. The molecule has 0 bridgehead atoms. The fraction of sp³-hybridized carbons (Fsp3) is 0.526. The molecule has 0 unspecified atom stereocenters. The van der Waals surface area contributed by atoms with Crippen LogP contribution < -0.4 is 5.32 Å². The number of likely N-dealkylation sites (tertiary alicyclic amines) is 1. The molecule has 1 aliphatic heterocycles. The van der Waals surface area contributed by atoms with Gasteiger partial charge in [-0.2, -0.15) is 0 Å². The van der Waals surface area contributed by atoms with Crippen molar-refractivity contribution in [2.75, 3.05) is 19.0 Å². The van der Waals surface area contributed by atoms with Crippen molar-refractivity contribution in [2.24, 2.45) is 5.92 Å². The number of carbonyl (C=O) groups excluding carboxylic acids is 3. The van der Waals surface area contributed by atoms with E-state index in [-0.39, 0.29) is 30.2 Å². The number of nitrogens with one attached hydrogen (secondary N) is 1. The standard InChI is InChI=1S/C19H24N2O4/c1-25-19(24)15-9-5-6-10-16(15)20-18(23)13-11-17(22)21(12-13)14-7-3-2-4-8-14/h5-6,9-10,13-14H,2-4,7-8,11-12H2,1H3,(H,20,23)/t13-/m0/s1. The van der Waals surface area contributed by atoms with Gasteiger partial charge in [0.2, 0.25) is 11.8 Å². The predicted octanol–water partition coefficient (Wildman–Crippen LogP) is 2.59. The lowest BCUT2D eigenvalue weighted by Crippen LogP contribution is -2.38. The molecule has 25 heavy (non-hydrogen) atoms. The number of benzene rings is 1. The third kappa shape index (κ3) is 3.83. The maximum Gasteiger partial charge on any atom is 0.339 e. The lowest BCUT2D eigenvalue weighted by atomic mass is 9.94. The van der Waals surface area contributed by atoms with E-state index in [0.717, 1.165) is 25.7 Å². The summed E-state index contributed by atoms with van der Waals surface area (Å²) in [7, 11) is 1.30. The van der Waals surface area contributed by atoms with E-state index >= 15 is 0 Å². The molecular weight excluding hydrogens is 320 g/mol. The van der Waals surface area contributed by atoms with Crippen molar-refractivity contribution >= 4 is 23.5 Å². The third-order valence-electron chi connectivity index (χ3n) is 5.13. The molecule has 134 valence electrons. The van der Waals surface area contributed by atoms with Crippen LogP contribution in [0.25, 0.3) is 0 Å². The van der Waals surface area contributed by atoms with Crippen molar-refractivity contribution in [3.8, 4) is 0 Å². The number of hydrogen-bond acceptors (Lipinski definition) is 4. The summed E-state index contributed by atoms with van der Waals surface area (Å²) < 4.78 is 4.74. The number of amides is 2. The van der Waals surface area contributed by atoms with Gasteiger partial charge in [0, 0.05) is 19.0 Å². The van der Waals surface area contributed by atoms with Gasteiger partial charge in [-0.25, -0.2) is 4.79 Å². The van der Waals surface area contributed by atoms with E-state index < -0.39 is 5.97 Å². The van der Waals surface area contributed by atoms with Crippen molar-refractivity contribution in [3.05, 3.63) is 29.8 Å². The molecule has 2 fully saturated rings. The van der Waals surface area contributed by atoms with Crippen LogP contribution in [0.1, 0.15) is 48.9 Å². The number of anilines is 1. The van der Waals surface area contributed by atoms with Gasteiger partial charge in [0.15, 0.2) is 0 Å². The smallest absolute Gasteiger partial charge is 0.339 e.